The van der Waals surface area contributed by atoms with E-state index >= 15 is 0 Å². The minimum atomic E-state index is -0.507. The van der Waals surface area contributed by atoms with Crippen LogP contribution in [0.25, 0.3) is 0 Å². The summed E-state index contributed by atoms with van der Waals surface area (Å²) in [5.41, 5.74) is 0.546. The van der Waals surface area contributed by atoms with E-state index in [1.54, 1.807) is 11.3 Å². The van der Waals surface area contributed by atoms with E-state index in [-0.39, 0.29) is 11.9 Å². The molecule has 0 radical (unpaired) electrons. The van der Waals surface area contributed by atoms with Crippen LogP contribution >= 0.6 is 11.3 Å². The zero-order valence-electron chi connectivity index (χ0n) is 13.4. The van der Waals surface area contributed by atoms with Crippen molar-refractivity contribution in [2.24, 2.45) is 0 Å². The van der Waals surface area contributed by atoms with Gasteiger partial charge < -0.3 is 15.0 Å². The predicted molar refractivity (Wildman–Crippen MR) is 87.0 cm³/mol. The summed E-state index contributed by atoms with van der Waals surface area (Å²) in [4.78, 5) is 26.0. The summed E-state index contributed by atoms with van der Waals surface area (Å²) in [5.74, 6) is 0.120. The van der Waals surface area contributed by atoms with E-state index in [4.69, 9.17) is 4.74 Å². The van der Waals surface area contributed by atoms with Gasteiger partial charge in [-0.25, -0.2) is 4.79 Å². The molecule has 1 aliphatic rings. The molecule has 2 heterocycles. The average molecular weight is 324 g/mol. The fraction of sp³-hybridized carbons (Fsp3) is 0.625. The van der Waals surface area contributed by atoms with Gasteiger partial charge >= 0.3 is 6.09 Å². The van der Waals surface area contributed by atoms with E-state index in [1.165, 1.54) is 0 Å². The third-order valence-corrected chi connectivity index (χ3v) is 4.16. The number of amides is 2. The van der Waals surface area contributed by atoms with Crippen molar-refractivity contribution < 1.29 is 14.3 Å². The first-order valence-electron chi connectivity index (χ1n) is 7.62. The van der Waals surface area contributed by atoms with E-state index in [2.05, 4.69) is 5.32 Å². The molecular formula is C16H24N2O3S. The van der Waals surface area contributed by atoms with Crippen LogP contribution in [0, 0.1) is 0 Å². The maximum atomic E-state index is 12.3. The van der Waals surface area contributed by atoms with Crippen LogP contribution in [-0.2, 0) is 16.0 Å². The molecule has 0 spiro atoms. The summed E-state index contributed by atoms with van der Waals surface area (Å²) in [5, 5.41) is 6.84. The Labute approximate surface area is 135 Å². The molecule has 1 fully saturated rings. The number of piperidine rings is 1. The number of hydrogen-bond donors (Lipinski definition) is 1. The Morgan fingerprint density at radius 2 is 2.23 bits per heavy atom. The monoisotopic (exact) mass is 324 g/mol. The molecule has 1 unspecified atom stereocenters. The molecule has 1 aromatic rings. The highest BCUT2D eigenvalue weighted by Crippen LogP contribution is 2.15. The molecule has 0 saturated carbocycles. The number of carbonyl (C=O) groups excluding carboxylic acids is 2. The Balaban J connectivity index is 1.83. The van der Waals surface area contributed by atoms with Gasteiger partial charge in [0.25, 0.3) is 0 Å². The fourth-order valence-electron chi connectivity index (χ4n) is 2.48. The molecule has 2 amide bonds. The maximum absolute atomic E-state index is 12.3. The van der Waals surface area contributed by atoms with Gasteiger partial charge in [-0.05, 0) is 56.0 Å². The fourth-order valence-corrected chi connectivity index (χ4v) is 3.14. The maximum Gasteiger partial charge on any atom is 0.407 e. The predicted octanol–water partition coefficient (Wildman–Crippen LogP) is 2.81. The molecule has 122 valence electrons. The van der Waals surface area contributed by atoms with Crippen molar-refractivity contribution in [2.75, 3.05) is 13.1 Å². The molecule has 1 atom stereocenters. The number of alkyl carbamates (subject to hydrolysis) is 1. The molecule has 1 saturated heterocycles. The lowest BCUT2D eigenvalue weighted by Gasteiger charge is -2.33. The molecule has 0 aliphatic carbocycles. The van der Waals surface area contributed by atoms with Crippen LogP contribution in [0.2, 0.25) is 0 Å². The lowest BCUT2D eigenvalue weighted by molar-refractivity contribution is -0.131. The lowest BCUT2D eigenvalue weighted by atomic mass is 10.0. The Bertz CT molecular complexity index is 508. The van der Waals surface area contributed by atoms with Gasteiger partial charge in [-0.2, -0.15) is 11.3 Å². The Hall–Kier alpha value is -1.56. The van der Waals surface area contributed by atoms with Crippen LogP contribution in [0.4, 0.5) is 4.79 Å². The highest BCUT2D eigenvalue weighted by Gasteiger charge is 2.26. The number of hydrogen-bond acceptors (Lipinski definition) is 4. The summed E-state index contributed by atoms with van der Waals surface area (Å²) >= 11 is 1.60. The van der Waals surface area contributed by atoms with Gasteiger partial charge in [0, 0.05) is 19.1 Å². The minimum absolute atomic E-state index is 0.0324. The van der Waals surface area contributed by atoms with Gasteiger partial charge in [0.15, 0.2) is 0 Å². The quantitative estimate of drug-likeness (QED) is 0.930. The Morgan fingerprint density at radius 1 is 1.45 bits per heavy atom. The molecule has 1 N–H and O–H groups in total. The number of nitrogens with zero attached hydrogens (tertiary/aromatic N) is 1. The standard InChI is InChI=1S/C16H24N2O3S/c1-16(2,3)21-15(20)17-13-5-4-7-18(10-13)14(19)9-12-6-8-22-11-12/h6,8,11,13H,4-5,7,9-10H2,1-3H3,(H,17,20). The van der Waals surface area contributed by atoms with Gasteiger partial charge in [-0.1, -0.05) is 0 Å². The van der Waals surface area contributed by atoms with Crippen LogP contribution in [0.15, 0.2) is 16.8 Å². The van der Waals surface area contributed by atoms with Crippen LogP contribution in [0.3, 0.4) is 0 Å². The second kappa shape index (κ2) is 7.13. The Kier molecular flexibility index (Phi) is 5.45. The minimum Gasteiger partial charge on any atom is -0.444 e. The van der Waals surface area contributed by atoms with Gasteiger partial charge in [0.05, 0.1) is 6.42 Å². The summed E-state index contributed by atoms with van der Waals surface area (Å²) < 4.78 is 5.27. The van der Waals surface area contributed by atoms with Gasteiger partial charge in [-0.3, -0.25) is 4.79 Å². The van der Waals surface area contributed by atoms with E-state index in [0.29, 0.717) is 13.0 Å². The second-order valence-electron chi connectivity index (χ2n) is 6.63. The smallest absolute Gasteiger partial charge is 0.407 e. The summed E-state index contributed by atoms with van der Waals surface area (Å²) in [6.45, 7) is 6.83. The van der Waals surface area contributed by atoms with Crippen molar-refractivity contribution in [3.05, 3.63) is 22.4 Å². The molecule has 6 heteroatoms. The SMILES string of the molecule is CC(C)(C)OC(=O)NC1CCCN(C(=O)Cc2ccsc2)C1. The molecule has 0 bridgehead atoms. The van der Waals surface area contributed by atoms with Gasteiger partial charge in [0.1, 0.15) is 5.60 Å². The first kappa shape index (κ1) is 16.8. The topological polar surface area (TPSA) is 58.6 Å². The number of thiophene rings is 1. The van der Waals surface area contributed by atoms with E-state index < -0.39 is 11.7 Å². The summed E-state index contributed by atoms with van der Waals surface area (Å²) in [6, 6.07) is 1.94. The highest BCUT2D eigenvalue weighted by molar-refractivity contribution is 7.07. The Morgan fingerprint density at radius 3 is 2.86 bits per heavy atom. The van der Waals surface area contributed by atoms with Crippen molar-refractivity contribution in [2.45, 2.75) is 51.7 Å². The molecule has 22 heavy (non-hydrogen) atoms. The number of rotatable bonds is 3. The van der Waals surface area contributed by atoms with Crippen LogP contribution < -0.4 is 5.32 Å². The van der Waals surface area contributed by atoms with E-state index in [1.807, 2.05) is 42.5 Å². The van der Waals surface area contributed by atoms with Crippen molar-refractivity contribution in [3.8, 4) is 0 Å². The molecular weight excluding hydrogens is 300 g/mol. The van der Waals surface area contributed by atoms with Gasteiger partial charge in [0.2, 0.25) is 5.91 Å². The van der Waals surface area contributed by atoms with Crippen molar-refractivity contribution >= 4 is 23.3 Å². The first-order chi connectivity index (χ1) is 10.3. The van der Waals surface area contributed by atoms with Crippen LogP contribution in [0.1, 0.15) is 39.2 Å². The number of likely N-dealkylation sites (tertiary alicyclic amines) is 1. The largest absolute Gasteiger partial charge is 0.444 e. The zero-order chi connectivity index (χ0) is 16.2. The molecule has 1 aromatic heterocycles. The van der Waals surface area contributed by atoms with Gasteiger partial charge in [-0.15, -0.1) is 0 Å². The lowest BCUT2D eigenvalue weighted by Crippen LogP contribution is -2.50. The van der Waals surface area contributed by atoms with Crippen molar-refractivity contribution in [1.82, 2.24) is 10.2 Å². The second-order valence-corrected chi connectivity index (χ2v) is 7.41. The molecule has 0 aromatic carbocycles. The molecule has 1 aliphatic heterocycles. The zero-order valence-corrected chi connectivity index (χ0v) is 14.2. The summed E-state index contributed by atoms with van der Waals surface area (Å²) in [6.07, 6.45) is 1.80. The third-order valence-electron chi connectivity index (χ3n) is 3.43. The highest BCUT2D eigenvalue weighted by atomic mass is 32.1. The van der Waals surface area contributed by atoms with Crippen LogP contribution in [-0.4, -0.2) is 41.6 Å². The number of carbonyl (C=O) groups is 2. The normalized spacial score (nSPS) is 18.9. The molecule has 5 nitrogen and oxygen atoms in total. The molecule has 2 rings (SSSR count). The third kappa shape index (κ3) is 5.33. The summed E-state index contributed by atoms with van der Waals surface area (Å²) in [7, 11) is 0. The average Bonchev–Trinajstić information content (AvgIpc) is 2.89. The number of nitrogens with one attached hydrogen (secondary N) is 1. The first-order valence-corrected chi connectivity index (χ1v) is 8.56. The van der Waals surface area contributed by atoms with Crippen LogP contribution in [0.5, 0.6) is 0 Å². The van der Waals surface area contributed by atoms with Crippen molar-refractivity contribution in [3.63, 3.8) is 0 Å². The van der Waals surface area contributed by atoms with E-state index in [0.717, 1.165) is 24.9 Å². The van der Waals surface area contributed by atoms with E-state index in [9.17, 15) is 9.59 Å². The number of ether oxygens (including phenoxy) is 1. The van der Waals surface area contributed by atoms with Crippen molar-refractivity contribution in [1.29, 1.82) is 0 Å².